The zero-order valence-electron chi connectivity index (χ0n) is 18.8. The standard InChI is InChI=1S/C24H26F3N5O2S/c25-24(26,27)17-9-7-15(8-10-17)13-31-22(34)19(5-3-11-30-23(28)29)32-21(33)12-16-14-35-20-6-2-1-4-18(16)20/h1-2,4,6-10,14,19H,3,5,11-13H2,(H,31,34)(H,32,33)(H4,28,29,30)/t19-/m1/s1. The summed E-state index contributed by atoms with van der Waals surface area (Å²) in [6.45, 7) is 0.308. The molecule has 0 saturated carbocycles. The smallest absolute Gasteiger partial charge is 0.370 e. The second kappa shape index (κ2) is 11.7. The highest BCUT2D eigenvalue weighted by molar-refractivity contribution is 7.17. The van der Waals surface area contributed by atoms with Gasteiger partial charge in [0.15, 0.2) is 5.96 Å². The van der Waals surface area contributed by atoms with Crippen molar-refractivity contribution in [3.63, 3.8) is 0 Å². The summed E-state index contributed by atoms with van der Waals surface area (Å²) in [4.78, 5) is 29.5. The van der Waals surface area contributed by atoms with E-state index in [1.54, 1.807) is 11.3 Å². The van der Waals surface area contributed by atoms with Crippen molar-refractivity contribution in [2.24, 2.45) is 16.5 Å². The number of fused-ring (bicyclic) bond motifs is 1. The minimum atomic E-state index is -4.43. The number of benzene rings is 2. The van der Waals surface area contributed by atoms with E-state index in [-0.39, 0.29) is 37.8 Å². The number of guanidine groups is 1. The summed E-state index contributed by atoms with van der Waals surface area (Å²) in [5.74, 6) is -0.829. The molecule has 3 rings (SSSR count). The van der Waals surface area contributed by atoms with Gasteiger partial charge in [-0.1, -0.05) is 30.3 Å². The van der Waals surface area contributed by atoms with Crippen molar-refractivity contribution in [3.8, 4) is 0 Å². The highest BCUT2D eigenvalue weighted by atomic mass is 32.1. The molecule has 35 heavy (non-hydrogen) atoms. The molecule has 0 saturated heterocycles. The fraction of sp³-hybridized carbons (Fsp3) is 0.292. The van der Waals surface area contributed by atoms with E-state index in [4.69, 9.17) is 11.5 Å². The van der Waals surface area contributed by atoms with Crippen LogP contribution in [0.1, 0.15) is 29.5 Å². The predicted octanol–water partition coefficient (Wildman–Crippen LogP) is 3.32. The molecule has 1 aromatic heterocycles. The van der Waals surface area contributed by atoms with E-state index in [0.29, 0.717) is 12.0 Å². The van der Waals surface area contributed by atoms with Crippen LogP contribution in [0.25, 0.3) is 10.1 Å². The van der Waals surface area contributed by atoms with Gasteiger partial charge >= 0.3 is 6.18 Å². The first-order valence-electron chi connectivity index (χ1n) is 10.9. The van der Waals surface area contributed by atoms with E-state index >= 15 is 0 Å². The maximum atomic E-state index is 12.8. The van der Waals surface area contributed by atoms with Gasteiger partial charge in [-0.3, -0.25) is 14.6 Å². The molecule has 0 bridgehead atoms. The Morgan fingerprint density at radius 1 is 1.06 bits per heavy atom. The van der Waals surface area contributed by atoms with Gasteiger partial charge in [0.2, 0.25) is 11.8 Å². The maximum absolute atomic E-state index is 12.8. The SMILES string of the molecule is NC(N)=NCCC[C@@H](NC(=O)Cc1csc2ccccc12)C(=O)NCc1ccc(C(F)(F)F)cc1. The zero-order chi connectivity index (χ0) is 25.4. The number of rotatable bonds is 10. The first-order chi connectivity index (χ1) is 16.6. The minimum absolute atomic E-state index is 0.0202. The highest BCUT2D eigenvalue weighted by Gasteiger charge is 2.30. The molecule has 3 aromatic rings. The summed E-state index contributed by atoms with van der Waals surface area (Å²) in [5.41, 5.74) is 11.3. The summed E-state index contributed by atoms with van der Waals surface area (Å²) in [6, 6.07) is 11.4. The number of hydrogen-bond donors (Lipinski definition) is 4. The number of carbonyl (C=O) groups is 2. The lowest BCUT2D eigenvalue weighted by atomic mass is 10.1. The van der Waals surface area contributed by atoms with Crippen LogP contribution in [-0.2, 0) is 28.7 Å². The largest absolute Gasteiger partial charge is 0.416 e. The fourth-order valence-electron chi connectivity index (χ4n) is 3.48. The van der Waals surface area contributed by atoms with Crippen LogP contribution in [0.4, 0.5) is 13.2 Å². The van der Waals surface area contributed by atoms with Gasteiger partial charge in [-0.15, -0.1) is 11.3 Å². The van der Waals surface area contributed by atoms with E-state index in [1.807, 2.05) is 29.6 Å². The lowest BCUT2D eigenvalue weighted by molar-refractivity contribution is -0.137. The average molecular weight is 506 g/mol. The van der Waals surface area contributed by atoms with E-state index < -0.39 is 23.7 Å². The Kier molecular flexibility index (Phi) is 8.69. The monoisotopic (exact) mass is 505 g/mol. The average Bonchev–Trinajstić information content (AvgIpc) is 3.21. The molecule has 7 nitrogen and oxygen atoms in total. The molecule has 186 valence electrons. The quantitative estimate of drug-likeness (QED) is 0.192. The molecular formula is C24H26F3N5O2S. The third kappa shape index (κ3) is 7.71. The second-order valence-corrected chi connectivity index (χ2v) is 8.83. The van der Waals surface area contributed by atoms with Crippen LogP contribution < -0.4 is 22.1 Å². The topological polar surface area (TPSA) is 123 Å². The van der Waals surface area contributed by atoms with E-state index in [2.05, 4.69) is 15.6 Å². The van der Waals surface area contributed by atoms with E-state index in [9.17, 15) is 22.8 Å². The van der Waals surface area contributed by atoms with Crippen molar-refractivity contribution < 1.29 is 22.8 Å². The molecule has 2 aromatic carbocycles. The lowest BCUT2D eigenvalue weighted by Gasteiger charge is -2.18. The summed E-state index contributed by atoms with van der Waals surface area (Å²) in [7, 11) is 0. The summed E-state index contributed by atoms with van der Waals surface area (Å²) in [6.07, 6.45) is -3.59. The lowest BCUT2D eigenvalue weighted by Crippen LogP contribution is -2.47. The number of nitrogens with two attached hydrogens (primary N) is 2. The molecule has 0 spiro atoms. The number of halogens is 3. The molecular weight excluding hydrogens is 479 g/mol. The summed E-state index contributed by atoms with van der Waals surface area (Å²) >= 11 is 1.54. The number of carbonyl (C=O) groups excluding carboxylic acids is 2. The molecule has 1 atom stereocenters. The molecule has 0 unspecified atom stereocenters. The van der Waals surface area contributed by atoms with Crippen LogP contribution >= 0.6 is 11.3 Å². The molecule has 0 aliphatic rings. The predicted molar refractivity (Wildman–Crippen MR) is 131 cm³/mol. The molecule has 0 aliphatic heterocycles. The van der Waals surface area contributed by atoms with Crippen molar-refractivity contribution in [2.45, 2.75) is 38.0 Å². The van der Waals surface area contributed by atoms with Gasteiger partial charge in [0.25, 0.3) is 0 Å². The van der Waals surface area contributed by atoms with E-state index in [0.717, 1.165) is 27.8 Å². The van der Waals surface area contributed by atoms with Crippen LogP contribution in [0.5, 0.6) is 0 Å². The van der Waals surface area contributed by atoms with Crippen LogP contribution in [0.3, 0.4) is 0 Å². The van der Waals surface area contributed by atoms with Gasteiger partial charge in [0.1, 0.15) is 6.04 Å². The van der Waals surface area contributed by atoms with Crippen LogP contribution in [0.2, 0.25) is 0 Å². The molecule has 0 radical (unpaired) electrons. The van der Waals surface area contributed by atoms with Crippen molar-refractivity contribution in [3.05, 3.63) is 70.6 Å². The van der Waals surface area contributed by atoms with Crippen molar-refractivity contribution in [1.29, 1.82) is 0 Å². The van der Waals surface area contributed by atoms with Gasteiger partial charge in [0, 0.05) is 17.8 Å². The fourth-order valence-corrected chi connectivity index (χ4v) is 4.45. The molecule has 1 heterocycles. The van der Waals surface area contributed by atoms with Gasteiger partial charge in [0.05, 0.1) is 12.0 Å². The van der Waals surface area contributed by atoms with Gasteiger partial charge in [-0.2, -0.15) is 13.2 Å². The Labute approximate surface area is 204 Å². The minimum Gasteiger partial charge on any atom is -0.370 e. The Morgan fingerprint density at radius 2 is 1.77 bits per heavy atom. The summed E-state index contributed by atoms with van der Waals surface area (Å²) in [5, 5.41) is 8.36. The molecule has 0 aliphatic carbocycles. The van der Waals surface area contributed by atoms with Crippen LogP contribution in [0, 0.1) is 0 Å². The molecule has 2 amide bonds. The number of thiophene rings is 1. The molecule has 0 fully saturated rings. The van der Waals surface area contributed by atoms with Crippen molar-refractivity contribution in [1.82, 2.24) is 10.6 Å². The molecule has 11 heteroatoms. The number of nitrogens with zero attached hydrogens (tertiary/aromatic N) is 1. The van der Waals surface area contributed by atoms with Gasteiger partial charge in [-0.05, 0) is 52.9 Å². The molecule has 6 N–H and O–H groups in total. The van der Waals surface area contributed by atoms with Crippen LogP contribution in [0.15, 0.2) is 58.9 Å². The van der Waals surface area contributed by atoms with Crippen molar-refractivity contribution >= 4 is 39.2 Å². The number of amides is 2. The Hall–Kier alpha value is -3.60. The van der Waals surface area contributed by atoms with Gasteiger partial charge < -0.3 is 22.1 Å². The van der Waals surface area contributed by atoms with E-state index in [1.165, 1.54) is 12.1 Å². The number of hydrogen-bond acceptors (Lipinski definition) is 4. The Bertz CT molecular complexity index is 1190. The third-order valence-corrected chi connectivity index (χ3v) is 6.27. The number of alkyl halides is 3. The highest BCUT2D eigenvalue weighted by Crippen LogP contribution is 2.29. The first kappa shape index (κ1) is 26.0. The second-order valence-electron chi connectivity index (χ2n) is 7.92. The maximum Gasteiger partial charge on any atom is 0.416 e. The first-order valence-corrected chi connectivity index (χ1v) is 11.7. The normalized spacial score (nSPS) is 12.2. The number of aliphatic imine (C=N–C) groups is 1. The third-order valence-electron chi connectivity index (χ3n) is 5.26. The van der Waals surface area contributed by atoms with Crippen molar-refractivity contribution in [2.75, 3.05) is 6.54 Å². The number of nitrogens with one attached hydrogen (secondary N) is 2. The van der Waals surface area contributed by atoms with Crippen LogP contribution in [-0.4, -0.2) is 30.4 Å². The zero-order valence-corrected chi connectivity index (χ0v) is 19.6. The van der Waals surface area contributed by atoms with Gasteiger partial charge in [-0.25, -0.2) is 0 Å². The Balaban J connectivity index is 1.62. The Morgan fingerprint density at radius 3 is 2.46 bits per heavy atom. The summed E-state index contributed by atoms with van der Waals surface area (Å²) < 4.78 is 39.3.